The van der Waals surface area contributed by atoms with E-state index in [1.807, 2.05) is 27.0 Å². The molecule has 0 aliphatic rings. The number of fused-ring (bicyclic) bond motifs is 1. The average molecular weight is 615 g/mol. The van der Waals surface area contributed by atoms with Crippen molar-refractivity contribution in [1.82, 2.24) is 14.8 Å². The van der Waals surface area contributed by atoms with Crippen LogP contribution >= 0.6 is 15.9 Å². The summed E-state index contributed by atoms with van der Waals surface area (Å²) in [5.41, 5.74) is 5.45. The minimum atomic E-state index is -0.294. The van der Waals surface area contributed by atoms with E-state index < -0.39 is 0 Å². The number of aryl methyl sites for hydroxylation is 1. The number of rotatable bonds is 3. The monoisotopic (exact) mass is 614 g/mol. The van der Waals surface area contributed by atoms with Gasteiger partial charge in [-0.1, -0.05) is 13.8 Å². The van der Waals surface area contributed by atoms with Gasteiger partial charge in [-0.25, -0.2) is 0 Å². The molecule has 3 radical (unpaired) electrons. The van der Waals surface area contributed by atoms with Crippen molar-refractivity contribution in [3.63, 3.8) is 0 Å². The van der Waals surface area contributed by atoms with E-state index in [4.69, 9.17) is 5.10 Å². The Morgan fingerprint density at radius 1 is 0.926 bits per heavy atom. The summed E-state index contributed by atoms with van der Waals surface area (Å²) >= 11 is 4.43. The third-order valence-corrected chi connectivity index (χ3v) is 7.86. The van der Waals surface area contributed by atoms with Crippen LogP contribution < -0.4 is 0 Å². The van der Waals surface area contributed by atoms with Crippen LogP contribution in [0.2, 0.25) is 0 Å². The van der Waals surface area contributed by atoms with E-state index in [-0.39, 0.29) is 3.10 Å². The second kappa shape index (κ2) is 8.65. The first-order valence-electron chi connectivity index (χ1n) is 8.98. The van der Waals surface area contributed by atoms with Crippen molar-refractivity contribution in [2.75, 3.05) is 0 Å². The molecule has 135 valence electrons. The molecule has 5 heteroatoms. The van der Waals surface area contributed by atoms with E-state index >= 15 is 0 Å². The van der Waals surface area contributed by atoms with Crippen molar-refractivity contribution >= 4 is 52.7 Å². The molecule has 0 atom stereocenters. The molecule has 0 saturated carbocycles. The van der Waals surface area contributed by atoms with Gasteiger partial charge >= 0.3 is 172 Å². The Morgan fingerprint density at radius 3 is 1.96 bits per heavy atom. The summed E-state index contributed by atoms with van der Waals surface area (Å²) in [7, 11) is 0. The van der Waals surface area contributed by atoms with E-state index in [0.717, 1.165) is 47.0 Å². The van der Waals surface area contributed by atoms with Crippen molar-refractivity contribution in [1.29, 1.82) is 0 Å². The summed E-state index contributed by atoms with van der Waals surface area (Å²) in [6.07, 6.45) is 1.83. The maximum atomic E-state index is 4.92. The second-order valence-corrected chi connectivity index (χ2v) is 9.69. The molecule has 0 saturated heterocycles. The predicted octanol–water partition coefficient (Wildman–Crippen LogP) is 5.45. The first-order valence-corrected chi connectivity index (χ1v) is 11.7. The van der Waals surface area contributed by atoms with Gasteiger partial charge < -0.3 is 0 Å². The number of hydrogen-bond acceptors (Lipinski definition) is 2. The summed E-state index contributed by atoms with van der Waals surface area (Å²) in [5, 5.41) is 4.92. The van der Waals surface area contributed by atoms with Gasteiger partial charge in [0.05, 0.1) is 0 Å². The second-order valence-electron chi connectivity index (χ2n) is 5.96. The molecule has 0 amide bonds. The zero-order valence-corrected chi connectivity index (χ0v) is 21.1. The van der Waals surface area contributed by atoms with Crippen LogP contribution in [0.5, 0.6) is 0 Å². The third kappa shape index (κ3) is 3.74. The fourth-order valence-electron chi connectivity index (χ4n) is 3.15. The van der Waals surface area contributed by atoms with Crippen molar-refractivity contribution in [2.45, 2.75) is 23.9 Å². The van der Waals surface area contributed by atoms with Gasteiger partial charge in [-0.05, 0) is 0 Å². The van der Waals surface area contributed by atoms with Crippen LogP contribution in [0.1, 0.15) is 30.7 Å². The third-order valence-electron chi connectivity index (χ3n) is 4.36. The number of halogens is 1. The Hall–Kier alpha value is -1.54. The molecule has 0 spiro atoms. The zero-order valence-electron chi connectivity index (χ0n) is 15.6. The zero-order chi connectivity index (χ0) is 19.4. The Kier molecular flexibility index (Phi) is 6.47. The molecule has 0 unspecified atom stereocenters. The van der Waals surface area contributed by atoms with E-state index in [1.165, 1.54) is 11.1 Å². The number of aromatic nitrogens is 3. The summed E-state index contributed by atoms with van der Waals surface area (Å²) in [6.45, 7) is 6.03. The van der Waals surface area contributed by atoms with Crippen molar-refractivity contribution in [3.8, 4) is 0 Å². The van der Waals surface area contributed by atoms with Crippen molar-refractivity contribution in [3.05, 3.63) is 94.2 Å². The molecule has 2 aromatic carbocycles. The van der Waals surface area contributed by atoms with E-state index in [1.54, 1.807) is 0 Å². The summed E-state index contributed by atoms with van der Waals surface area (Å²) in [5.74, 6) is 0. The number of nitrogens with zero attached hydrogens (tertiary/aromatic N) is 3. The van der Waals surface area contributed by atoms with Gasteiger partial charge in [0.25, 0.3) is 0 Å². The van der Waals surface area contributed by atoms with Crippen LogP contribution in [0.4, 0.5) is 0 Å². The summed E-state index contributed by atoms with van der Waals surface area (Å²) < 4.78 is 2.83. The van der Waals surface area contributed by atoms with Gasteiger partial charge in [0.15, 0.2) is 0 Å². The summed E-state index contributed by atoms with van der Waals surface area (Å²) in [4.78, 5) is 4.59. The topological polar surface area (TPSA) is 30.7 Å². The van der Waals surface area contributed by atoms with Crippen LogP contribution in [0.3, 0.4) is 0 Å². The van der Waals surface area contributed by atoms with Gasteiger partial charge in [0.1, 0.15) is 0 Å². The Balaban J connectivity index is 0.00000102. The van der Waals surface area contributed by atoms with Crippen molar-refractivity contribution < 1.29 is 0 Å². The molecular weight excluding hydrogens is 593 g/mol. The van der Waals surface area contributed by atoms with Crippen LogP contribution in [0, 0.1) is 6.92 Å². The fraction of sp³-hybridized carbons (Fsp3) is 0.182. The Bertz CT molecular complexity index is 990. The average Bonchev–Trinajstić information content (AvgIpc) is 3.06. The van der Waals surface area contributed by atoms with Gasteiger partial charge in [-0.15, -0.1) is 0 Å². The summed E-state index contributed by atoms with van der Waals surface area (Å²) in [6, 6.07) is 23.4. The molecule has 0 N–H and O–H groups in total. The molecule has 2 aromatic heterocycles. The van der Waals surface area contributed by atoms with Gasteiger partial charge in [0.2, 0.25) is 0 Å². The van der Waals surface area contributed by atoms with Crippen molar-refractivity contribution in [2.24, 2.45) is 0 Å². The molecule has 4 aromatic rings. The Morgan fingerprint density at radius 2 is 1.44 bits per heavy atom. The van der Waals surface area contributed by atoms with Gasteiger partial charge in [-0.2, -0.15) is 0 Å². The molecule has 2 heterocycles. The predicted molar refractivity (Wildman–Crippen MR) is 116 cm³/mol. The molecule has 0 aliphatic heterocycles. The number of benzene rings is 2. The first kappa shape index (κ1) is 20.2. The van der Waals surface area contributed by atoms with Gasteiger partial charge in [-0.3, -0.25) is 0 Å². The van der Waals surface area contributed by atoms with Crippen LogP contribution in [-0.4, -0.2) is 40.5 Å². The molecule has 27 heavy (non-hydrogen) atoms. The number of hydrogen-bond donors (Lipinski definition) is 0. The van der Waals surface area contributed by atoms with E-state index in [9.17, 15) is 0 Å². The van der Waals surface area contributed by atoms with Crippen LogP contribution in [-0.2, 0) is 3.10 Å². The number of pyridine rings is 1. The molecule has 4 rings (SSSR count). The SMILES string of the molecule is CC.Cc1nn([C]([Pb])(c2ccccc2)c2ccccc2)c2cc(Br)cnc12. The molecule has 0 aliphatic carbocycles. The molecule has 0 bridgehead atoms. The first-order chi connectivity index (χ1) is 13.1. The minimum absolute atomic E-state index is 0.294. The fourth-order valence-corrected chi connectivity index (χ4v) is 5.42. The van der Waals surface area contributed by atoms with Crippen LogP contribution in [0.25, 0.3) is 11.0 Å². The quantitative estimate of drug-likeness (QED) is 0.288. The normalized spacial score (nSPS) is 11.1. The van der Waals surface area contributed by atoms with E-state index in [0.29, 0.717) is 0 Å². The molecule has 3 nitrogen and oxygen atoms in total. The maximum absolute atomic E-state index is 4.92. The molecule has 0 fully saturated rings. The van der Waals surface area contributed by atoms with Gasteiger partial charge in [0, 0.05) is 0 Å². The van der Waals surface area contributed by atoms with E-state index in [2.05, 4.69) is 92.3 Å². The standard InChI is InChI=1S/C20H15BrN3.C2H6.Pb/c1-14-19-18(12-17(21)13-22-19)24(23-14)20(15-8-4-2-5-9-15)16-10-6-3-7-11-16;1-2;/h2-13H,1H3;1-2H3;. The van der Waals surface area contributed by atoms with Crippen LogP contribution in [0.15, 0.2) is 77.4 Å². The molecular formula is C22H21BrN3Pb. The Labute approximate surface area is 184 Å².